The van der Waals surface area contributed by atoms with Gasteiger partial charge >= 0.3 is 11.9 Å². The fourth-order valence-corrected chi connectivity index (χ4v) is 6.20. The molecule has 4 nitrogen and oxygen atoms in total. The third-order valence-corrected chi connectivity index (χ3v) is 9.37. The molecule has 0 amide bonds. The van der Waals surface area contributed by atoms with Gasteiger partial charge in [-0.15, -0.1) is 0 Å². The van der Waals surface area contributed by atoms with Gasteiger partial charge in [-0.25, -0.2) is 9.59 Å². The summed E-state index contributed by atoms with van der Waals surface area (Å²) in [5.74, 6) is -1.13. The maximum absolute atomic E-state index is 11.8. The maximum atomic E-state index is 11.8. The molecule has 0 N–H and O–H groups in total. The Balaban J connectivity index is 3.43. The number of carbonyl (C=O) groups is 2. The summed E-state index contributed by atoms with van der Waals surface area (Å²) >= 11 is 0. The Hall–Kier alpha value is -1.84. The summed E-state index contributed by atoms with van der Waals surface area (Å²) in [5, 5.41) is 0. The maximum Gasteiger partial charge on any atom is 0.335 e. The highest BCUT2D eigenvalue weighted by Gasteiger charge is 1.99. The molecule has 0 unspecified atom stereocenters. The molecule has 0 aromatic carbocycles. The molecule has 0 radical (unpaired) electrons. The molecule has 0 aliphatic heterocycles. The van der Waals surface area contributed by atoms with E-state index in [0.717, 1.165) is 37.8 Å². The van der Waals surface area contributed by atoms with Crippen LogP contribution in [0.5, 0.6) is 0 Å². The Kier molecular flexibility index (Phi) is 39.7. The highest BCUT2D eigenvalue weighted by atomic mass is 16.5. The Morgan fingerprint density at radius 2 is 0.542 bits per heavy atom. The van der Waals surface area contributed by atoms with Crippen LogP contribution in [0.15, 0.2) is 36.8 Å². The van der Waals surface area contributed by atoms with Crippen molar-refractivity contribution in [2.45, 2.75) is 232 Å². The fraction of sp³-hybridized carbons (Fsp3) is 0.818. The van der Waals surface area contributed by atoms with E-state index in [-0.39, 0.29) is 0 Å². The molecule has 0 atom stereocenters. The molecule has 0 fully saturated rings. The fourth-order valence-electron chi connectivity index (χ4n) is 6.20. The van der Waals surface area contributed by atoms with E-state index in [0.29, 0.717) is 0 Å². The van der Waals surface area contributed by atoms with Gasteiger partial charge in [0.2, 0.25) is 0 Å². The zero-order chi connectivity index (χ0) is 34.9. The lowest BCUT2D eigenvalue weighted by Gasteiger charge is -2.03. The van der Waals surface area contributed by atoms with Crippen molar-refractivity contribution in [3.05, 3.63) is 36.8 Å². The number of allylic oxidation sites excluding steroid dienone is 2. The van der Waals surface area contributed by atoms with Gasteiger partial charge in [-0.3, -0.25) is 0 Å². The highest BCUT2D eigenvalue weighted by molar-refractivity contribution is 5.92. The topological polar surface area (TPSA) is 52.6 Å². The molecule has 0 aliphatic carbocycles. The summed E-state index contributed by atoms with van der Waals surface area (Å²) in [4.78, 5) is 23.6. The van der Waals surface area contributed by atoms with E-state index in [9.17, 15) is 9.59 Å². The standard InChI is InChI=1S/C44H80O4/c1-3-5-7-9-11-13-15-17-19-21-23-25-27-29-31-33-35-37-41-47-43(45)39-40-44(46)48-42-38-36-34-32-30-28-26-24-22-20-18-16-14-12-10-8-6-4-2/h37-42H,3-36H2,1-2H3. The van der Waals surface area contributed by atoms with Crippen LogP contribution in [0.3, 0.4) is 0 Å². The van der Waals surface area contributed by atoms with E-state index >= 15 is 0 Å². The van der Waals surface area contributed by atoms with Crippen molar-refractivity contribution in [3.63, 3.8) is 0 Å². The molecule has 0 bridgehead atoms. The summed E-state index contributed by atoms with van der Waals surface area (Å²) in [6, 6.07) is 0. The van der Waals surface area contributed by atoms with Gasteiger partial charge in [0.1, 0.15) is 0 Å². The zero-order valence-corrected chi connectivity index (χ0v) is 32.1. The third kappa shape index (κ3) is 40.3. The van der Waals surface area contributed by atoms with Gasteiger partial charge in [-0.05, 0) is 37.8 Å². The Morgan fingerprint density at radius 3 is 0.771 bits per heavy atom. The van der Waals surface area contributed by atoms with E-state index < -0.39 is 11.9 Å². The van der Waals surface area contributed by atoms with Crippen molar-refractivity contribution in [2.75, 3.05) is 0 Å². The van der Waals surface area contributed by atoms with E-state index in [2.05, 4.69) is 13.8 Å². The molecule has 0 spiro atoms. The van der Waals surface area contributed by atoms with Crippen molar-refractivity contribution in [2.24, 2.45) is 0 Å². The van der Waals surface area contributed by atoms with Gasteiger partial charge in [-0.2, -0.15) is 0 Å². The minimum Gasteiger partial charge on any atom is -0.432 e. The second-order valence-corrected chi connectivity index (χ2v) is 14.1. The van der Waals surface area contributed by atoms with E-state index in [1.54, 1.807) is 0 Å². The van der Waals surface area contributed by atoms with Gasteiger partial charge < -0.3 is 9.47 Å². The van der Waals surface area contributed by atoms with Crippen LogP contribution in [0.25, 0.3) is 0 Å². The van der Waals surface area contributed by atoms with E-state index in [1.807, 2.05) is 12.2 Å². The van der Waals surface area contributed by atoms with Crippen LogP contribution in [-0.4, -0.2) is 11.9 Å². The smallest absolute Gasteiger partial charge is 0.335 e. The first-order valence-electron chi connectivity index (χ1n) is 21.1. The first-order chi connectivity index (χ1) is 23.7. The largest absolute Gasteiger partial charge is 0.432 e. The van der Waals surface area contributed by atoms with Crippen molar-refractivity contribution in [1.29, 1.82) is 0 Å². The monoisotopic (exact) mass is 673 g/mol. The molecule has 0 rings (SSSR count). The van der Waals surface area contributed by atoms with Crippen LogP contribution in [0.4, 0.5) is 0 Å². The SMILES string of the molecule is CCCCCCCCCCCCCCCCCCC=COC(=O)C=CC(=O)OC=CCCCCCCCCCCCCCCCCCC. The van der Waals surface area contributed by atoms with Gasteiger partial charge in [0, 0.05) is 12.2 Å². The lowest BCUT2D eigenvalue weighted by atomic mass is 10.0. The summed E-state index contributed by atoms with van der Waals surface area (Å²) < 4.78 is 10.1. The molecule has 0 aromatic rings. The summed E-state index contributed by atoms with van der Waals surface area (Å²) in [5.41, 5.74) is 0. The Labute approximate surface area is 299 Å². The second kappa shape index (κ2) is 41.3. The lowest BCUT2D eigenvalue weighted by molar-refractivity contribution is -0.135. The van der Waals surface area contributed by atoms with Crippen molar-refractivity contribution < 1.29 is 19.1 Å². The average molecular weight is 673 g/mol. The van der Waals surface area contributed by atoms with Crippen LogP contribution < -0.4 is 0 Å². The third-order valence-electron chi connectivity index (χ3n) is 9.37. The molecule has 4 heteroatoms. The van der Waals surface area contributed by atoms with Crippen LogP contribution >= 0.6 is 0 Å². The molecule has 0 saturated carbocycles. The summed E-state index contributed by atoms with van der Waals surface area (Å²) in [7, 11) is 0. The molecule has 0 saturated heterocycles. The lowest BCUT2D eigenvalue weighted by Crippen LogP contribution is -1.98. The van der Waals surface area contributed by atoms with Crippen LogP contribution in [0.2, 0.25) is 0 Å². The molecule has 0 aromatic heterocycles. The van der Waals surface area contributed by atoms with E-state index in [4.69, 9.17) is 9.47 Å². The molecular formula is C44H80O4. The van der Waals surface area contributed by atoms with Crippen molar-refractivity contribution in [3.8, 4) is 0 Å². The van der Waals surface area contributed by atoms with Gasteiger partial charge in [0.25, 0.3) is 0 Å². The first kappa shape index (κ1) is 46.2. The molecule has 280 valence electrons. The van der Waals surface area contributed by atoms with Crippen molar-refractivity contribution in [1.82, 2.24) is 0 Å². The molecule has 0 aliphatic rings. The first-order valence-corrected chi connectivity index (χ1v) is 21.1. The summed E-state index contributed by atoms with van der Waals surface area (Å²) in [6.07, 6.45) is 54.2. The number of rotatable bonds is 38. The normalized spacial score (nSPS) is 11.8. The number of unbranched alkanes of at least 4 members (excludes halogenated alkanes) is 32. The minimum atomic E-state index is -0.563. The van der Waals surface area contributed by atoms with Gasteiger partial charge in [0.15, 0.2) is 0 Å². The second-order valence-electron chi connectivity index (χ2n) is 14.1. The van der Waals surface area contributed by atoms with Crippen LogP contribution in [0.1, 0.15) is 232 Å². The number of ether oxygens (including phenoxy) is 2. The predicted molar refractivity (Wildman–Crippen MR) is 208 cm³/mol. The molecular weight excluding hydrogens is 592 g/mol. The predicted octanol–water partition coefficient (Wildman–Crippen LogP) is 15.0. The van der Waals surface area contributed by atoms with E-state index in [1.165, 1.54) is 205 Å². The Bertz CT molecular complexity index is 691. The quantitative estimate of drug-likeness (QED) is 0.0283. The minimum absolute atomic E-state index is 0.563. The average Bonchev–Trinajstić information content (AvgIpc) is 3.09. The number of carbonyl (C=O) groups excluding carboxylic acids is 2. The van der Waals surface area contributed by atoms with Gasteiger partial charge in [0.05, 0.1) is 12.5 Å². The number of hydrogen-bond donors (Lipinski definition) is 0. The van der Waals surface area contributed by atoms with Crippen molar-refractivity contribution >= 4 is 11.9 Å². The van der Waals surface area contributed by atoms with Gasteiger partial charge in [-0.1, -0.05) is 206 Å². The molecule has 48 heavy (non-hydrogen) atoms. The Morgan fingerprint density at radius 1 is 0.333 bits per heavy atom. The van der Waals surface area contributed by atoms with Crippen LogP contribution in [0, 0.1) is 0 Å². The number of esters is 2. The highest BCUT2D eigenvalue weighted by Crippen LogP contribution is 2.15. The number of hydrogen-bond acceptors (Lipinski definition) is 4. The zero-order valence-electron chi connectivity index (χ0n) is 32.1. The van der Waals surface area contributed by atoms with Crippen LogP contribution in [-0.2, 0) is 19.1 Å². The molecule has 0 heterocycles. The summed E-state index contributed by atoms with van der Waals surface area (Å²) in [6.45, 7) is 4.56.